The van der Waals surface area contributed by atoms with Gasteiger partial charge in [0.2, 0.25) is 5.91 Å². The second kappa shape index (κ2) is 5.36. The van der Waals surface area contributed by atoms with Crippen LogP contribution in [0.15, 0.2) is 12.1 Å². The number of carbonyl (C=O) groups is 2. The number of thiazole rings is 1. The number of anilines is 1. The van der Waals surface area contributed by atoms with Crippen molar-refractivity contribution in [2.75, 3.05) is 12.4 Å². The Morgan fingerprint density at radius 1 is 1.42 bits per heavy atom. The maximum atomic E-state index is 11.6. The van der Waals surface area contributed by atoms with Crippen molar-refractivity contribution in [3.63, 3.8) is 0 Å². The number of carbonyl (C=O) groups excluding carboxylic acids is 2. The Bertz CT molecular complexity index is 649. The molecule has 1 aromatic carbocycles. The van der Waals surface area contributed by atoms with Crippen LogP contribution in [0.1, 0.15) is 18.9 Å². The summed E-state index contributed by atoms with van der Waals surface area (Å²) >= 11 is 1.41. The Hall–Kier alpha value is -1.95. The Kier molecular flexibility index (Phi) is 3.80. The lowest BCUT2D eigenvalue weighted by Gasteiger charge is -2.07. The van der Waals surface area contributed by atoms with E-state index in [1.807, 2.05) is 19.1 Å². The number of nitrogens with one attached hydrogen (secondary N) is 1. The molecule has 19 heavy (non-hydrogen) atoms. The summed E-state index contributed by atoms with van der Waals surface area (Å²) < 4.78 is 6.02. The maximum absolute atomic E-state index is 11.6. The van der Waals surface area contributed by atoms with Crippen LogP contribution in [0.3, 0.4) is 0 Å². The number of benzene rings is 1. The molecular formula is C13H14N2O3S. The second-order valence-corrected chi connectivity index (χ2v) is 5.24. The lowest BCUT2D eigenvalue weighted by atomic mass is 10.2. The number of aromatic nitrogens is 1. The van der Waals surface area contributed by atoms with Gasteiger partial charge in [0, 0.05) is 5.69 Å². The molecule has 0 aliphatic heterocycles. The number of aryl methyl sites for hydroxylation is 1. The highest BCUT2D eigenvalue weighted by molar-refractivity contribution is 7.20. The highest BCUT2D eigenvalue weighted by atomic mass is 32.1. The standard InChI is InChI=1S/C13H14N2O3S/c1-7-4-10-11(19-13(15-10)18-3)6-9(7)14-12(17)5-8(2)16/h4,6H,5H2,1-3H3,(H,14,17). The first-order valence-corrected chi connectivity index (χ1v) is 6.55. The smallest absolute Gasteiger partial charge is 0.274 e. The zero-order valence-electron chi connectivity index (χ0n) is 10.9. The molecule has 0 aliphatic carbocycles. The van der Waals surface area contributed by atoms with Crippen molar-refractivity contribution in [1.82, 2.24) is 4.98 Å². The Morgan fingerprint density at radius 3 is 2.79 bits per heavy atom. The van der Waals surface area contributed by atoms with Crippen LogP contribution in [0, 0.1) is 6.92 Å². The minimum absolute atomic E-state index is 0.108. The molecule has 0 atom stereocenters. The molecule has 2 aromatic rings. The van der Waals surface area contributed by atoms with Crippen LogP contribution < -0.4 is 10.1 Å². The number of amides is 1. The monoisotopic (exact) mass is 278 g/mol. The van der Waals surface area contributed by atoms with Gasteiger partial charge in [0.1, 0.15) is 5.78 Å². The summed E-state index contributed by atoms with van der Waals surface area (Å²) in [6.07, 6.45) is -0.108. The van der Waals surface area contributed by atoms with E-state index in [-0.39, 0.29) is 18.1 Å². The summed E-state index contributed by atoms with van der Waals surface area (Å²) in [5, 5.41) is 3.32. The SMILES string of the molecule is COc1nc2cc(C)c(NC(=O)CC(C)=O)cc2s1. The van der Waals surface area contributed by atoms with Gasteiger partial charge in [-0.2, -0.15) is 0 Å². The first kappa shape index (κ1) is 13.5. The predicted molar refractivity (Wildman–Crippen MR) is 74.8 cm³/mol. The van der Waals surface area contributed by atoms with E-state index < -0.39 is 0 Å². The molecule has 6 heteroatoms. The molecule has 0 fully saturated rings. The second-order valence-electron chi connectivity index (χ2n) is 4.25. The summed E-state index contributed by atoms with van der Waals surface area (Å²) in [7, 11) is 1.57. The first-order chi connectivity index (χ1) is 8.99. The molecule has 1 aromatic heterocycles. The lowest BCUT2D eigenvalue weighted by Crippen LogP contribution is -2.15. The van der Waals surface area contributed by atoms with Gasteiger partial charge in [-0.15, -0.1) is 0 Å². The zero-order chi connectivity index (χ0) is 14.0. The van der Waals surface area contributed by atoms with Crippen LogP contribution in [-0.2, 0) is 9.59 Å². The maximum Gasteiger partial charge on any atom is 0.274 e. The molecule has 0 saturated carbocycles. The fraction of sp³-hybridized carbons (Fsp3) is 0.308. The van der Waals surface area contributed by atoms with Gasteiger partial charge in [0.25, 0.3) is 5.19 Å². The Morgan fingerprint density at radius 2 is 2.16 bits per heavy atom. The number of Topliss-reactive ketones (excluding diaryl/α,β-unsaturated/α-hetero) is 1. The molecular weight excluding hydrogens is 264 g/mol. The fourth-order valence-corrected chi connectivity index (χ4v) is 2.50. The number of ether oxygens (including phenoxy) is 1. The number of methoxy groups -OCH3 is 1. The van der Waals surface area contributed by atoms with E-state index in [0.717, 1.165) is 15.8 Å². The molecule has 0 saturated heterocycles. The predicted octanol–water partition coefficient (Wildman–Crippen LogP) is 2.53. The van der Waals surface area contributed by atoms with Gasteiger partial charge in [-0.1, -0.05) is 11.3 Å². The van der Waals surface area contributed by atoms with E-state index in [1.54, 1.807) is 7.11 Å². The van der Waals surface area contributed by atoms with Crippen LogP contribution in [0.2, 0.25) is 0 Å². The van der Waals surface area contributed by atoms with Crippen LogP contribution in [0.4, 0.5) is 5.69 Å². The van der Waals surface area contributed by atoms with E-state index >= 15 is 0 Å². The van der Waals surface area contributed by atoms with E-state index in [2.05, 4.69) is 10.3 Å². The number of fused-ring (bicyclic) bond motifs is 1. The molecule has 0 aliphatic rings. The normalized spacial score (nSPS) is 10.5. The first-order valence-electron chi connectivity index (χ1n) is 5.74. The third-order valence-corrected chi connectivity index (χ3v) is 3.55. The van der Waals surface area contributed by atoms with Gasteiger partial charge in [-0.25, -0.2) is 4.98 Å². The van der Waals surface area contributed by atoms with E-state index in [0.29, 0.717) is 10.9 Å². The molecule has 2 rings (SSSR count). The van der Waals surface area contributed by atoms with Crippen LogP contribution in [0.25, 0.3) is 10.2 Å². The Balaban J connectivity index is 2.30. The lowest BCUT2D eigenvalue weighted by molar-refractivity contribution is -0.124. The third kappa shape index (κ3) is 3.08. The van der Waals surface area contributed by atoms with Crippen molar-refractivity contribution >= 4 is 38.9 Å². The van der Waals surface area contributed by atoms with Crippen molar-refractivity contribution < 1.29 is 14.3 Å². The van der Waals surface area contributed by atoms with Gasteiger partial charge in [-0.3, -0.25) is 9.59 Å². The summed E-state index contributed by atoms with van der Waals surface area (Å²) in [5.74, 6) is -0.456. The molecule has 0 spiro atoms. The molecule has 1 N–H and O–H groups in total. The van der Waals surface area contributed by atoms with Gasteiger partial charge < -0.3 is 10.1 Å². The summed E-state index contributed by atoms with van der Waals surface area (Å²) in [6.45, 7) is 3.28. The topological polar surface area (TPSA) is 68.3 Å². The number of hydrogen-bond acceptors (Lipinski definition) is 5. The molecule has 1 heterocycles. The minimum atomic E-state index is -0.300. The summed E-state index contributed by atoms with van der Waals surface area (Å²) in [5.41, 5.74) is 2.44. The van der Waals surface area contributed by atoms with Crippen molar-refractivity contribution in [2.45, 2.75) is 20.3 Å². The van der Waals surface area contributed by atoms with E-state index in [9.17, 15) is 9.59 Å². The highest BCUT2D eigenvalue weighted by Crippen LogP contribution is 2.31. The quantitative estimate of drug-likeness (QED) is 0.873. The largest absolute Gasteiger partial charge is 0.473 e. The molecule has 100 valence electrons. The van der Waals surface area contributed by atoms with Gasteiger partial charge in [-0.05, 0) is 31.5 Å². The van der Waals surface area contributed by atoms with Crippen molar-refractivity contribution in [3.8, 4) is 5.19 Å². The minimum Gasteiger partial charge on any atom is -0.473 e. The van der Waals surface area contributed by atoms with Gasteiger partial charge in [0.05, 0.1) is 23.7 Å². The Labute approximate surface area is 114 Å². The third-order valence-electron chi connectivity index (χ3n) is 2.57. The molecule has 0 bridgehead atoms. The average molecular weight is 278 g/mol. The number of nitrogens with zero attached hydrogens (tertiary/aromatic N) is 1. The molecule has 0 unspecified atom stereocenters. The van der Waals surface area contributed by atoms with Crippen LogP contribution >= 0.6 is 11.3 Å². The molecule has 0 radical (unpaired) electrons. The van der Waals surface area contributed by atoms with Crippen LogP contribution in [0.5, 0.6) is 5.19 Å². The summed E-state index contributed by atoms with van der Waals surface area (Å²) in [4.78, 5) is 26.8. The number of ketones is 1. The number of rotatable bonds is 4. The summed E-state index contributed by atoms with van der Waals surface area (Å²) in [6, 6.07) is 3.74. The zero-order valence-corrected chi connectivity index (χ0v) is 11.8. The fourth-order valence-electron chi connectivity index (χ4n) is 1.70. The van der Waals surface area contributed by atoms with Crippen molar-refractivity contribution in [3.05, 3.63) is 17.7 Å². The van der Waals surface area contributed by atoms with Crippen LogP contribution in [-0.4, -0.2) is 23.8 Å². The average Bonchev–Trinajstić information content (AvgIpc) is 2.70. The van der Waals surface area contributed by atoms with Crippen molar-refractivity contribution in [2.24, 2.45) is 0 Å². The van der Waals surface area contributed by atoms with Gasteiger partial charge in [0.15, 0.2) is 0 Å². The number of hydrogen-bond donors (Lipinski definition) is 1. The molecule has 1 amide bonds. The highest BCUT2D eigenvalue weighted by Gasteiger charge is 2.11. The van der Waals surface area contributed by atoms with Gasteiger partial charge >= 0.3 is 0 Å². The molecule has 5 nitrogen and oxygen atoms in total. The van der Waals surface area contributed by atoms with Crippen molar-refractivity contribution in [1.29, 1.82) is 0 Å². The van der Waals surface area contributed by atoms with E-state index in [1.165, 1.54) is 18.3 Å². The van der Waals surface area contributed by atoms with E-state index in [4.69, 9.17) is 4.74 Å².